The van der Waals surface area contributed by atoms with Gasteiger partial charge in [-0.05, 0) is 25.3 Å². The van der Waals surface area contributed by atoms with Crippen molar-refractivity contribution < 1.29 is 4.79 Å². The first-order chi connectivity index (χ1) is 7.39. The monoisotopic (exact) mass is 206 g/mol. The van der Waals surface area contributed by atoms with E-state index in [0.29, 0.717) is 6.42 Å². The van der Waals surface area contributed by atoms with E-state index in [1.807, 2.05) is 6.08 Å². The number of hydrogen-bond acceptors (Lipinski definition) is 1. The second-order valence-corrected chi connectivity index (χ2v) is 4.35. The lowest BCUT2D eigenvalue weighted by Crippen LogP contribution is -1.92. The molecule has 0 fully saturated rings. The molecule has 15 heavy (non-hydrogen) atoms. The number of allylic oxidation sites excluding steroid dienone is 1. The molecule has 84 valence electrons. The van der Waals surface area contributed by atoms with Crippen LogP contribution in [0.15, 0.2) is 17.9 Å². The summed E-state index contributed by atoms with van der Waals surface area (Å²) in [6, 6.07) is 0. The third kappa shape index (κ3) is 7.16. The Kier molecular flexibility index (Phi) is 6.94. The second-order valence-electron chi connectivity index (χ2n) is 4.35. The van der Waals surface area contributed by atoms with E-state index >= 15 is 0 Å². The van der Waals surface area contributed by atoms with Gasteiger partial charge in [-0.15, -0.1) is 5.73 Å². The fraction of sp³-hybridized carbons (Fsp3) is 0.714. The maximum absolute atomic E-state index is 11.3. The zero-order valence-corrected chi connectivity index (χ0v) is 9.63. The van der Waals surface area contributed by atoms with E-state index in [0.717, 1.165) is 12.8 Å². The van der Waals surface area contributed by atoms with Crippen molar-refractivity contribution >= 4 is 5.78 Å². The van der Waals surface area contributed by atoms with Gasteiger partial charge in [0.15, 0.2) is 5.78 Å². The third-order valence-corrected chi connectivity index (χ3v) is 2.88. The van der Waals surface area contributed by atoms with Crippen molar-refractivity contribution in [3.63, 3.8) is 0 Å². The van der Waals surface area contributed by atoms with Crippen LogP contribution in [0, 0.1) is 0 Å². The van der Waals surface area contributed by atoms with Gasteiger partial charge in [-0.3, -0.25) is 4.79 Å². The molecular weight excluding hydrogens is 184 g/mol. The van der Waals surface area contributed by atoms with Gasteiger partial charge in [0, 0.05) is 12.5 Å². The number of carbonyl (C=O) groups excluding carboxylic acids is 1. The molecule has 1 rings (SSSR count). The van der Waals surface area contributed by atoms with E-state index in [-0.39, 0.29) is 5.78 Å². The molecule has 1 aliphatic carbocycles. The van der Waals surface area contributed by atoms with Gasteiger partial charge < -0.3 is 0 Å². The number of hydrogen-bond donors (Lipinski definition) is 0. The van der Waals surface area contributed by atoms with E-state index in [9.17, 15) is 4.79 Å². The van der Waals surface area contributed by atoms with E-state index in [1.54, 1.807) is 6.08 Å². The quantitative estimate of drug-likeness (QED) is 0.543. The highest BCUT2D eigenvalue weighted by Crippen LogP contribution is 2.11. The standard InChI is InChI=1S/C14H22O/c15-14-12-10-8-6-4-2-1-3-5-7-9-11-13-14/h8,12H,1-7,9,11,13H2. The molecule has 0 aromatic rings. The SMILES string of the molecule is O=C1C=C=CCCCCCCCCCC1. The van der Waals surface area contributed by atoms with Crippen molar-refractivity contribution in [1.82, 2.24) is 0 Å². The molecule has 1 nitrogen and oxygen atoms in total. The molecular formula is C14H22O. The zero-order chi connectivity index (χ0) is 10.8. The average molecular weight is 206 g/mol. The normalized spacial score (nSPS) is 21.2. The minimum atomic E-state index is 0.239. The Morgan fingerprint density at radius 1 is 0.867 bits per heavy atom. The number of carbonyl (C=O) groups is 1. The molecule has 0 atom stereocenters. The summed E-state index contributed by atoms with van der Waals surface area (Å²) in [6.45, 7) is 0. The number of rotatable bonds is 0. The fourth-order valence-corrected chi connectivity index (χ4v) is 1.91. The Balaban J connectivity index is 2.33. The van der Waals surface area contributed by atoms with Gasteiger partial charge in [0.25, 0.3) is 0 Å². The Morgan fingerprint density at radius 2 is 1.47 bits per heavy atom. The molecule has 0 saturated heterocycles. The van der Waals surface area contributed by atoms with Gasteiger partial charge in [0.1, 0.15) is 0 Å². The predicted molar refractivity (Wildman–Crippen MR) is 63.8 cm³/mol. The van der Waals surface area contributed by atoms with E-state index in [2.05, 4.69) is 5.73 Å². The average Bonchev–Trinajstić information content (AvgIpc) is 2.24. The van der Waals surface area contributed by atoms with Gasteiger partial charge in [-0.2, -0.15) is 0 Å². The van der Waals surface area contributed by atoms with E-state index in [4.69, 9.17) is 0 Å². The Hall–Kier alpha value is -0.810. The van der Waals surface area contributed by atoms with Crippen LogP contribution in [0.25, 0.3) is 0 Å². The lowest BCUT2D eigenvalue weighted by atomic mass is 10.0. The lowest BCUT2D eigenvalue weighted by molar-refractivity contribution is -0.114. The molecule has 0 unspecified atom stereocenters. The van der Waals surface area contributed by atoms with Crippen LogP contribution in [0.3, 0.4) is 0 Å². The van der Waals surface area contributed by atoms with Crippen molar-refractivity contribution in [2.24, 2.45) is 0 Å². The van der Waals surface area contributed by atoms with Crippen LogP contribution < -0.4 is 0 Å². The maximum Gasteiger partial charge on any atom is 0.163 e. The first kappa shape index (κ1) is 12.3. The summed E-state index contributed by atoms with van der Waals surface area (Å²) >= 11 is 0. The molecule has 0 amide bonds. The van der Waals surface area contributed by atoms with Crippen molar-refractivity contribution in [1.29, 1.82) is 0 Å². The molecule has 1 heteroatoms. The molecule has 0 N–H and O–H groups in total. The molecule has 1 aliphatic rings. The molecule has 0 spiro atoms. The van der Waals surface area contributed by atoms with Crippen LogP contribution in [0.5, 0.6) is 0 Å². The number of ketones is 1. The Labute approximate surface area is 93.3 Å². The summed E-state index contributed by atoms with van der Waals surface area (Å²) < 4.78 is 0. The van der Waals surface area contributed by atoms with Crippen LogP contribution >= 0.6 is 0 Å². The van der Waals surface area contributed by atoms with E-state index < -0.39 is 0 Å². The molecule has 0 aromatic carbocycles. The van der Waals surface area contributed by atoms with Crippen LogP contribution in [-0.2, 0) is 4.79 Å². The topological polar surface area (TPSA) is 17.1 Å². The van der Waals surface area contributed by atoms with Crippen LogP contribution in [0.1, 0.15) is 64.2 Å². The first-order valence-electron chi connectivity index (χ1n) is 6.33. The third-order valence-electron chi connectivity index (χ3n) is 2.88. The minimum Gasteiger partial charge on any atom is -0.294 e. The summed E-state index contributed by atoms with van der Waals surface area (Å²) in [6.07, 6.45) is 15.6. The molecule has 0 bridgehead atoms. The highest BCUT2D eigenvalue weighted by Gasteiger charge is 1.97. The lowest BCUT2D eigenvalue weighted by Gasteiger charge is -2.01. The molecule has 0 saturated carbocycles. The zero-order valence-electron chi connectivity index (χ0n) is 9.63. The largest absolute Gasteiger partial charge is 0.294 e. The van der Waals surface area contributed by atoms with Gasteiger partial charge in [-0.1, -0.05) is 38.5 Å². The summed E-state index contributed by atoms with van der Waals surface area (Å²) in [5, 5.41) is 0. The van der Waals surface area contributed by atoms with Crippen molar-refractivity contribution in [2.45, 2.75) is 64.2 Å². The summed E-state index contributed by atoms with van der Waals surface area (Å²) in [5.74, 6) is 0.239. The van der Waals surface area contributed by atoms with E-state index in [1.165, 1.54) is 44.9 Å². The van der Waals surface area contributed by atoms with Crippen molar-refractivity contribution in [3.8, 4) is 0 Å². The Bertz CT molecular complexity index is 234. The molecule has 0 aliphatic heterocycles. The summed E-state index contributed by atoms with van der Waals surface area (Å²) in [7, 11) is 0. The fourth-order valence-electron chi connectivity index (χ4n) is 1.91. The van der Waals surface area contributed by atoms with Crippen molar-refractivity contribution in [3.05, 3.63) is 17.9 Å². The van der Waals surface area contributed by atoms with Gasteiger partial charge in [0.2, 0.25) is 0 Å². The van der Waals surface area contributed by atoms with Gasteiger partial charge in [0.05, 0.1) is 0 Å². The smallest absolute Gasteiger partial charge is 0.163 e. The highest BCUT2D eigenvalue weighted by molar-refractivity contribution is 5.89. The molecule has 0 heterocycles. The van der Waals surface area contributed by atoms with Crippen molar-refractivity contribution in [2.75, 3.05) is 0 Å². The first-order valence-corrected chi connectivity index (χ1v) is 6.33. The molecule has 0 aromatic heterocycles. The highest BCUT2D eigenvalue weighted by atomic mass is 16.1. The molecule has 0 radical (unpaired) electrons. The predicted octanol–water partition coefficient (Wildman–Crippen LogP) is 4.18. The van der Waals surface area contributed by atoms with Gasteiger partial charge >= 0.3 is 0 Å². The minimum absolute atomic E-state index is 0.239. The van der Waals surface area contributed by atoms with Crippen LogP contribution in [0.4, 0.5) is 0 Å². The van der Waals surface area contributed by atoms with Crippen LogP contribution in [-0.4, -0.2) is 5.78 Å². The van der Waals surface area contributed by atoms with Gasteiger partial charge in [-0.25, -0.2) is 0 Å². The van der Waals surface area contributed by atoms with Crippen LogP contribution in [0.2, 0.25) is 0 Å². The Morgan fingerprint density at radius 3 is 2.20 bits per heavy atom. The summed E-state index contributed by atoms with van der Waals surface area (Å²) in [4.78, 5) is 11.3. The maximum atomic E-state index is 11.3. The second kappa shape index (κ2) is 8.49. The summed E-state index contributed by atoms with van der Waals surface area (Å²) in [5.41, 5.74) is 2.99.